The van der Waals surface area contributed by atoms with Crippen molar-refractivity contribution in [3.05, 3.63) is 62.1 Å². The third kappa shape index (κ3) is 5.78. The number of aromatic hydroxyl groups is 1. The zero-order valence-electron chi connectivity index (χ0n) is 15.4. The molecule has 0 fully saturated rings. The van der Waals surface area contributed by atoms with E-state index >= 15 is 0 Å². The number of nitro groups is 1. The van der Waals surface area contributed by atoms with E-state index in [2.05, 4.69) is 40.3 Å². The molecule has 2 N–H and O–H groups in total. The largest absolute Gasteiger partial charge is 0.506 e. The molecule has 0 bridgehead atoms. The molecule has 0 aliphatic carbocycles. The number of halogens is 1. The van der Waals surface area contributed by atoms with Crippen molar-refractivity contribution in [2.45, 2.75) is 26.2 Å². The third-order valence-electron chi connectivity index (χ3n) is 4.11. The minimum Gasteiger partial charge on any atom is -0.506 e. The van der Waals surface area contributed by atoms with Gasteiger partial charge in [0.2, 0.25) is 0 Å². The maximum atomic E-state index is 11.8. The predicted molar refractivity (Wildman–Crippen MR) is 109 cm³/mol. The molecule has 0 heterocycles. The number of nitro benzene ring substituents is 1. The lowest BCUT2D eigenvalue weighted by Gasteiger charge is -2.10. The Kier molecular flexibility index (Phi) is 7.51. The summed E-state index contributed by atoms with van der Waals surface area (Å²) in [5.74, 6) is 0.288. The first-order valence-electron chi connectivity index (χ1n) is 8.53. The second-order valence-electron chi connectivity index (χ2n) is 6.08. The van der Waals surface area contributed by atoms with Gasteiger partial charge in [0.05, 0.1) is 15.6 Å². The number of nitrogens with zero attached hydrogens (tertiary/aromatic N) is 2. The van der Waals surface area contributed by atoms with Crippen molar-refractivity contribution >= 4 is 33.7 Å². The van der Waals surface area contributed by atoms with E-state index < -0.39 is 10.8 Å². The van der Waals surface area contributed by atoms with Crippen LogP contribution in [0, 0.1) is 10.1 Å². The Morgan fingerprint density at radius 3 is 2.68 bits per heavy atom. The summed E-state index contributed by atoms with van der Waals surface area (Å²) in [5.41, 5.74) is 3.31. The van der Waals surface area contributed by atoms with Crippen molar-refractivity contribution in [3.63, 3.8) is 0 Å². The molecule has 9 heteroatoms. The van der Waals surface area contributed by atoms with E-state index in [1.54, 1.807) is 12.1 Å². The molecule has 0 aliphatic heterocycles. The molecule has 28 heavy (non-hydrogen) atoms. The maximum Gasteiger partial charge on any atom is 0.277 e. The lowest BCUT2D eigenvalue weighted by atomic mass is 9.99. The molecule has 8 nitrogen and oxygen atoms in total. The van der Waals surface area contributed by atoms with Crippen molar-refractivity contribution < 1.29 is 19.6 Å². The summed E-state index contributed by atoms with van der Waals surface area (Å²) < 4.78 is 5.55. The highest BCUT2D eigenvalue weighted by Gasteiger charge is 2.13. The van der Waals surface area contributed by atoms with Crippen molar-refractivity contribution in [1.82, 2.24) is 5.43 Å². The number of ether oxygens (including phenoxy) is 1. The van der Waals surface area contributed by atoms with Crippen LogP contribution in [-0.4, -0.2) is 28.8 Å². The number of hydrazone groups is 1. The lowest BCUT2D eigenvalue weighted by molar-refractivity contribution is -0.385. The maximum absolute atomic E-state index is 11.8. The molecule has 2 rings (SSSR count). The molecule has 0 aromatic heterocycles. The van der Waals surface area contributed by atoms with Gasteiger partial charge in [0.15, 0.2) is 6.61 Å². The molecule has 0 saturated carbocycles. The predicted octanol–water partition coefficient (Wildman–Crippen LogP) is 4.11. The van der Waals surface area contributed by atoms with Gasteiger partial charge in [-0.25, -0.2) is 5.43 Å². The number of nitrogens with one attached hydrogen (secondary N) is 1. The standard InChI is InChI=1S/C19H20BrN3O5/c1-3-12(2)13-4-6-16(7-5-13)28-11-18(24)22-21-10-14-8-15(23(26)27)9-17(20)19(14)25/h4-10,12,25H,3,11H2,1-2H3,(H,22,24). The minimum atomic E-state index is -0.597. The monoisotopic (exact) mass is 449 g/mol. The fraction of sp³-hybridized carbons (Fsp3) is 0.263. The van der Waals surface area contributed by atoms with Gasteiger partial charge in [-0.3, -0.25) is 14.9 Å². The number of carbonyl (C=O) groups excluding carboxylic acids is 1. The first-order valence-corrected chi connectivity index (χ1v) is 9.32. The Bertz CT molecular complexity index is 884. The van der Waals surface area contributed by atoms with E-state index in [9.17, 15) is 20.0 Å². The normalized spacial score (nSPS) is 12.0. The van der Waals surface area contributed by atoms with Crippen LogP contribution < -0.4 is 10.2 Å². The smallest absolute Gasteiger partial charge is 0.277 e. The Balaban J connectivity index is 1.91. The summed E-state index contributed by atoms with van der Waals surface area (Å²) in [5, 5.41) is 24.5. The summed E-state index contributed by atoms with van der Waals surface area (Å²) in [6.07, 6.45) is 2.16. The SMILES string of the molecule is CCC(C)c1ccc(OCC(=O)NN=Cc2cc([N+](=O)[O-])cc(Br)c2O)cc1. The molecule has 0 aliphatic rings. The molecular formula is C19H20BrN3O5. The van der Waals surface area contributed by atoms with Gasteiger partial charge >= 0.3 is 0 Å². The molecule has 1 amide bonds. The average molecular weight is 450 g/mol. The summed E-state index contributed by atoms with van der Waals surface area (Å²) in [6.45, 7) is 4.01. The number of benzene rings is 2. The average Bonchev–Trinajstić information content (AvgIpc) is 2.69. The topological polar surface area (TPSA) is 114 Å². The van der Waals surface area contributed by atoms with Gasteiger partial charge in [-0.1, -0.05) is 26.0 Å². The second kappa shape index (κ2) is 9.84. The van der Waals surface area contributed by atoms with Crippen LogP contribution in [0.4, 0.5) is 5.69 Å². The van der Waals surface area contributed by atoms with Crippen molar-refractivity contribution in [1.29, 1.82) is 0 Å². The lowest BCUT2D eigenvalue weighted by Crippen LogP contribution is -2.24. The van der Waals surface area contributed by atoms with Gasteiger partial charge < -0.3 is 9.84 Å². The summed E-state index contributed by atoms with van der Waals surface area (Å²) in [7, 11) is 0. The molecule has 0 spiro atoms. The second-order valence-corrected chi connectivity index (χ2v) is 6.94. The summed E-state index contributed by atoms with van der Waals surface area (Å²) in [4.78, 5) is 22.1. The van der Waals surface area contributed by atoms with Gasteiger partial charge in [0, 0.05) is 17.7 Å². The van der Waals surface area contributed by atoms with Crippen LogP contribution >= 0.6 is 15.9 Å². The zero-order chi connectivity index (χ0) is 20.7. The van der Waals surface area contributed by atoms with Gasteiger partial charge in [0.1, 0.15) is 11.5 Å². The van der Waals surface area contributed by atoms with E-state index in [4.69, 9.17) is 4.74 Å². The molecule has 2 aromatic carbocycles. The van der Waals surface area contributed by atoms with E-state index in [1.807, 2.05) is 12.1 Å². The van der Waals surface area contributed by atoms with Gasteiger partial charge in [-0.2, -0.15) is 5.10 Å². The van der Waals surface area contributed by atoms with E-state index in [-0.39, 0.29) is 28.1 Å². The molecular weight excluding hydrogens is 430 g/mol. The van der Waals surface area contributed by atoms with E-state index in [1.165, 1.54) is 11.6 Å². The molecule has 0 radical (unpaired) electrons. The van der Waals surface area contributed by atoms with Crippen LogP contribution in [0.15, 0.2) is 46.0 Å². The number of rotatable bonds is 8. The number of amides is 1. The van der Waals surface area contributed by atoms with E-state index in [0.717, 1.165) is 18.7 Å². The highest BCUT2D eigenvalue weighted by Crippen LogP contribution is 2.31. The van der Waals surface area contributed by atoms with Crippen LogP contribution in [0.5, 0.6) is 11.5 Å². The molecule has 0 saturated heterocycles. The zero-order valence-corrected chi connectivity index (χ0v) is 17.0. The number of phenolic OH excluding ortho intramolecular Hbond substituents is 1. The van der Waals surface area contributed by atoms with Crippen LogP contribution in [0.25, 0.3) is 0 Å². The fourth-order valence-electron chi connectivity index (χ4n) is 2.29. The van der Waals surface area contributed by atoms with Crippen molar-refractivity contribution in [3.8, 4) is 11.5 Å². The Morgan fingerprint density at radius 2 is 2.07 bits per heavy atom. The van der Waals surface area contributed by atoms with Crippen LogP contribution in [-0.2, 0) is 4.79 Å². The van der Waals surface area contributed by atoms with Crippen molar-refractivity contribution in [2.75, 3.05) is 6.61 Å². The van der Waals surface area contributed by atoms with Crippen LogP contribution in [0.1, 0.15) is 37.3 Å². The number of phenols is 1. The first-order chi connectivity index (χ1) is 13.3. The first kappa shape index (κ1) is 21.4. The molecule has 148 valence electrons. The molecule has 2 aromatic rings. The number of hydrogen-bond acceptors (Lipinski definition) is 6. The minimum absolute atomic E-state index is 0.0860. The van der Waals surface area contributed by atoms with Crippen molar-refractivity contribution in [2.24, 2.45) is 5.10 Å². The highest BCUT2D eigenvalue weighted by molar-refractivity contribution is 9.10. The third-order valence-corrected chi connectivity index (χ3v) is 4.72. The number of hydrogen-bond donors (Lipinski definition) is 2. The van der Waals surface area contributed by atoms with Crippen LogP contribution in [0.2, 0.25) is 0 Å². The van der Waals surface area contributed by atoms with Gasteiger partial charge in [-0.05, 0) is 46.0 Å². The quantitative estimate of drug-likeness (QED) is 0.357. The fourth-order valence-corrected chi connectivity index (χ4v) is 2.76. The Hall–Kier alpha value is -2.94. The number of carbonyl (C=O) groups is 1. The van der Waals surface area contributed by atoms with Crippen LogP contribution in [0.3, 0.4) is 0 Å². The highest BCUT2D eigenvalue weighted by atomic mass is 79.9. The Morgan fingerprint density at radius 1 is 1.39 bits per heavy atom. The van der Waals surface area contributed by atoms with Gasteiger partial charge in [-0.15, -0.1) is 0 Å². The Labute approximate surface area is 170 Å². The summed E-state index contributed by atoms with van der Waals surface area (Å²) >= 11 is 3.03. The van der Waals surface area contributed by atoms with Gasteiger partial charge in [0.25, 0.3) is 11.6 Å². The summed E-state index contributed by atoms with van der Waals surface area (Å²) in [6, 6.07) is 9.84. The molecule has 1 atom stereocenters. The van der Waals surface area contributed by atoms with E-state index in [0.29, 0.717) is 11.7 Å². The number of non-ortho nitro benzene ring substituents is 1. The molecule has 1 unspecified atom stereocenters.